The van der Waals surface area contributed by atoms with Gasteiger partial charge in [0.15, 0.2) is 6.29 Å². The first-order valence-corrected chi connectivity index (χ1v) is 3.65. The summed E-state index contributed by atoms with van der Waals surface area (Å²) in [6, 6.07) is -0.315. The summed E-state index contributed by atoms with van der Waals surface area (Å²) >= 11 is 0. The van der Waals surface area contributed by atoms with Gasteiger partial charge in [0, 0.05) is 18.4 Å². The minimum atomic E-state index is -0.425. The van der Waals surface area contributed by atoms with Gasteiger partial charge in [0.1, 0.15) is 0 Å². The second kappa shape index (κ2) is 4.27. The topological polar surface area (TPSA) is 87.5 Å². The molecule has 1 aliphatic rings. The molecule has 3 atom stereocenters. The molecule has 0 aliphatic carbocycles. The molecule has 0 aromatic carbocycles. The number of hydrogen-bond donors (Lipinski definition) is 1. The quantitative estimate of drug-likeness (QED) is 0.381. The van der Waals surface area contributed by atoms with Crippen LogP contribution in [-0.2, 0) is 9.47 Å². The Morgan fingerprint density at radius 3 is 3.08 bits per heavy atom. The summed E-state index contributed by atoms with van der Waals surface area (Å²) in [4.78, 5) is 2.66. The molecule has 1 unspecified atom stereocenters. The summed E-state index contributed by atoms with van der Waals surface area (Å²) < 4.78 is 10.1. The van der Waals surface area contributed by atoms with Crippen LogP contribution >= 0.6 is 0 Å². The molecule has 0 spiro atoms. The number of methoxy groups -OCH3 is 1. The number of hydrogen-bond acceptors (Lipinski definition) is 4. The molecule has 0 radical (unpaired) electrons. The second-order valence-electron chi connectivity index (χ2n) is 2.53. The number of rotatable bonds is 3. The van der Waals surface area contributed by atoms with Crippen molar-refractivity contribution in [2.75, 3.05) is 13.7 Å². The third kappa shape index (κ3) is 1.86. The number of azide groups is 1. The van der Waals surface area contributed by atoms with Crippen molar-refractivity contribution in [3.05, 3.63) is 10.4 Å². The lowest BCUT2D eigenvalue weighted by molar-refractivity contribution is -0.123. The van der Waals surface area contributed by atoms with Crippen LogP contribution in [0.15, 0.2) is 5.11 Å². The molecule has 0 aromatic rings. The highest BCUT2D eigenvalue weighted by atomic mass is 16.7. The third-order valence-corrected chi connectivity index (χ3v) is 1.83. The largest absolute Gasteiger partial charge is 0.394 e. The lowest BCUT2D eigenvalue weighted by Gasteiger charge is -2.10. The van der Waals surface area contributed by atoms with E-state index in [1.807, 2.05) is 0 Å². The van der Waals surface area contributed by atoms with Crippen molar-refractivity contribution in [3.8, 4) is 0 Å². The Bertz CT molecular complexity index is 192. The number of nitrogens with zero attached hydrogens (tertiary/aromatic N) is 3. The van der Waals surface area contributed by atoms with E-state index in [0.717, 1.165) is 0 Å². The molecule has 1 heterocycles. The maximum absolute atomic E-state index is 8.81. The predicted octanol–water partition coefficient (Wildman–Crippen LogP) is 0.419. The first-order chi connectivity index (χ1) is 5.81. The SMILES string of the molecule is COC1C[C@H](N=[N+]=[N-])[C@@H](CO)O1. The lowest BCUT2D eigenvalue weighted by Crippen LogP contribution is -2.23. The monoisotopic (exact) mass is 173 g/mol. The zero-order valence-electron chi connectivity index (χ0n) is 6.75. The Morgan fingerprint density at radius 2 is 2.58 bits per heavy atom. The van der Waals surface area contributed by atoms with Gasteiger partial charge in [-0.25, -0.2) is 0 Å². The fourth-order valence-electron chi connectivity index (χ4n) is 1.19. The molecule has 0 saturated carbocycles. The molecule has 0 aromatic heterocycles. The molecule has 12 heavy (non-hydrogen) atoms. The third-order valence-electron chi connectivity index (χ3n) is 1.83. The Labute approximate surface area is 69.7 Å². The Morgan fingerprint density at radius 1 is 1.83 bits per heavy atom. The van der Waals surface area contributed by atoms with Crippen LogP contribution < -0.4 is 0 Å². The van der Waals surface area contributed by atoms with Gasteiger partial charge in [0.05, 0.1) is 18.8 Å². The maximum Gasteiger partial charge on any atom is 0.158 e. The van der Waals surface area contributed by atoms with Crippen LogP contribution in [0.1, 0.15) is 6.42 Å². The molecule has 1 aliphatic heterocycles. The smallest absolute Gasteiger partial charge is 0.158 e. The summed E-state index contributed by atoms with van der Waals surface area (Å²) in [5, 5.41) is 12.3. The average Bonchev–Trinajstić information content (AvgIpc) is 2.48. The van der Waals surface area contributed by atoms with Gasteiger partial charge in [-0.1, -0.05) is 5.11 Å². The fourth-order valence-corrected chi connectivity index (χ4v) is 1.19. The molecule has 0 amide bonds. The van der Waals surface area contributed by atoms with Gasteiger partial charge in [-0.3, -0.25) is 0 Å². The molecule has 1 fully saturated rings. The molecule has 1 N–H and O–H groups in total. The van der Waals surface area contributed by atoms with Crippen LogP contribution in [0.2, 0.25) is 0 Å². The average molecular weight is 173 g/mol. The van der Waals surface area contributed by atoms with E-state index < -0.39 is 6.10 Å². The van der Waals surface area contributed by atoms with E-state index in [1.54, 1.807) is 0 Å². The lowest BCUT2D eigenvalue weighted by atomic mass is 10.1. The van der Waals surface area contributed by atoms with Crippen LogP contribution in [0.5, 0.6) is 0 Å². The standard InChI is InChI=1S/C6H11N3O3/c1-11-6-2-4(8-9-7)5(3-10)12-6/h4-6,10H,2-3H2,1H3/t4-,5+,6?/m0/s1. The van der Waals surface area contributed by atoms with E-state index in [9.17, 15) is 0 Å². The predicted molar refractivity (Wildman–Crippen MR) is 40.3 cm³/mol. The molecule has 1 saturated heterocycles. The van der Waals surface area contributed by atoms with Gasteiger partial charge in [0.2, 0.25) is 0 Å². The van der Waals surface area contributed by atoms with Gasteiger partial charge in [-0.05, 0) is 5.53 Å². The normalized spacial score (nSPS) is 34.7. The minimum absolute atomic E-state index is 0.149. The van der Waals surface area contributed by atoms with Crippen LogP contribution in [0, 0.1) is 0 Å². The van der Waals surface area contributed by atoms with E-state index in [0.29, 0.717) is 6.42 Å². The number of aliphatic hydroxyl groups is 1. The van der Waals surface area contributed by atoms with Gasteiger partial charge < -0.3 is 14.6 Å². The zero-order chi connectivity index (χ0) is 8.97. The van der Waals surface area contributed by atoms with Crippen LogP contribution in [0.3, 0.4) is 0 Å². The molecule has 68 valence electrons. The van der Waals surface area contributed by atoms with E-state index in [-0.39, 0.29) is 18.9 Å². The summed E-state index contributed by atoms with van der Waals surface area (Å²) in [5.74, 6) is 0. The Hall–Kier alpha value is -0.810. The van der Waals surface area contributed by atoms with Crippen molar-refractivity contribution in [2.45, 2.75) is 24.9 Å². The Balaban J connectivity index is 2.55. The molecule has 6 heteroatoms. The van der Waals surface area contributed by atoms with Crippen LogP contribution in [-0.4, -0.2) is 37.3 Å². The molecular weight excluding hydrogens is 162 g/mol. The fraction of sp³-hybridized carbons (Fsp3) is 1.00. The second-order valence-corrected chi connectivity index (χ2v) is 2.53. The van der Waals surface area contributed by atoms with Gasteiger partial charge >= 0.3 is 0 Å². The van der Waals surface area contributed by atoms with Crippen molar-refractivity contribution < 1.29 is 14.6 Å². The van der Waals surface area contributed by atoms with E-state index in [1.165, 1.54) is 7.11 Å². The summed E-state index contributed by atoms with van der Waals surface area (Å²) in [6.07, 6.45) is -0.283. The van der Waals surface area contributed by atoms with Crippen molar-refractivity contribution in [2.24, 2.45) is 5.11 Å². The highest BCUT2D eigenvalue weighted by molar-refractivity contribution is 4.84. The van der Waals surface area contributed by atoms with Gasteiger partial charge in [-0.2, -0.15) is 0 Å². The molecule has 0 bridgehead atoms. The zero-order valence-corrected chi connectivity index (χ0v) is 6.75. The summed E-state index contributed by atoms with van der Waals surface area (Å²) in [7, 11) is 1.51. The summed E-state index contributed by atoms with van der Waals surface area (Å²) in [6.45, 7) is -0.149. The van der Waals surface area contributed by atoms with E-state index in [2.05, 4.69) is 10.0 Å². The molecule has 6 nitrogen and oxygen atoms in total. The van der Waals surface area contributed by atoms with Gasteiger partial charge in [-0.15, -0.1) is 0 Å². The Kier molecular flexibility index (Phi) is 3.31. The van der Waals surface area contributed by atoms with Crippen LogP contribution in [0.25, 0.3) is 10.4 Å². The molecular formula is C6H11N3O3. The summed E-state index contributed by atoms with van der Waals surface area (Å²) in [5.41, 5.74) is 8.18. The van der Waals surface area contributed by atoms with Gasteiger partial charge in [0.25, 0.3) is 0 Å². The maximum atomic E-state index is 8.81. The number of aliphatic hydroxyl groups excluding tert-OH is 1. The van der Waals surface area contributed by atoms with Crippen molar-refractivity contribution in [3.63, 3.8) is 0 Å². The molecule has 1 rings (SSSR count). The van der Waals surface area contributed by atoms with E-state index in [4.69, 9.17) is 20.1 Å². The van der Waals surface area contributed by atoms with Crippen molar-refractivity contribution in [1.82, 2.24) is 0 Å². The first kappa shape index (κ1) is 9.28. The minimum Gasteiger partial charge on any atom is -0.394 e. The van der Waals surface area contributed by atoms with Crippen molar-refractivity contribution in [1.29, 1.82) is 0 Å². The highest BCUT2D eigenvalue weighted by Gasteiger charge is 2.33. The number of ether oxygens (including phenoxy) is 2. The van der Waals surface area contributed by atoms with Crippen molar-refractivity contribution >= 4 is 0 Å². The first-order valence-electron chi connectivity index (χ1n) is 3.65. The van der Waals surface area contributed by atoms with E-state index >= 15 is 0 Å². The van der Waals surface area contributed by atoms with Crippen LogP contribution in [0.4, 0.5) is 0 Å². The highest BCUT2D eigenvalue weighted by Crippen LogP contribution is 2.23.